The highest BCUT2D eigenvalue weighted by molar-refractivity contribution is 14.0. The lowest BCUT2D eigenvalue weighted by atomic mass is 9.89. The van der Waals surface area contributed by atoms with Gasteiger partial charge in [-0.2, -0.15) is 0 Å². The summed E-state index contributed by atoms with van der Waals surface area (Å²) in [6, 6.07) is 18.5. The molecule has 2 aromatic rings. The molecule has 2 unspecified atom stereocenters. The first-order chi connectivity index (χ1) is 13.3. The van der Waals surface area contributed by atoms with Crippen molar-refractivity contribution in [1.82, 2.24) is 10.6 Å². The van der Waals surface area contributed by atoms with Crippen molar-refractivity contribution in [3.8, 4) is 0 Å². The first-order valence-electron chi connectivity index (χ1n) is 9.62. The number of halogens is 2. The van der Waals surface area contributed by atoms with E-state index in [1.165, 1.54) is 5.56 Å². The Morgan fingerprint density at radius 2 is 1.86 bits per heavy atom. The summed E-state index contributed by atoms with van der Waals surface area (Å²) >= 11 is 6.22. The third-order valence-electron chi connectivity index (χ3n) is 4.97. The van der Waals surface area contributed by atoms with E-state index in [9.17, 15) is 0 Å². The van der Waals surface area contributed by atoms with Crippen molar-refractivity contribution in [1.29, 1.82) is 0 Å². The predicted octanol–water partition coefficient (Wildman–Crippen LogP) is 4.83. The standard InChI is InChI=1S/C22H28ClN3O.HI/c1-24-22(25-14-13-17-8-5-6-12-20(17)23)26-16-19-11-7-15-27-21(19)18-9-3-2-4-10-18;/h2-6,8-10,12,19,21H,7,11,13-16H2,1H3,(H2,24,25,26);1H. The summed E-state index contributed by atoms with van der Waals surface area (Å²) in [4.78, 5) is 4.34. The molecule has 1 heterocycles. The van der Waals surface area contributed by atoms with Gasteiger partial charge in [-0.3, -0.25) is 4.99 Å². The Kier molecular flexibility index (Phi) is 10.1. The van der Waals surface area contributed by atoms with Gasteiger partial charge in [0.15, 0.2) is 5.96 Å². The molecule has 0 bridgehead atoms. The van der Waals surface area contributed by atoms with Crippen molar-refractivity contribution in [2.45, 2.75) is 25.4 Å². The topological polar surface area (TPSA) is 45.7 Å². The summed E-state index contributed by atoms with van der Waals surface area (Å²) in [5.74, 6) is 1.25. The zero-order chi connectivity index (χ0) is 18.9. The minimum absolute atomic E-state index is 0. The molecule has 0 aliphatic carbocycles. The van der Waals surface area contributed by atoms with Gasteiger partial charge in [0, 0.05) is 37.7 Å². The number of benzene rings is 2. The summed E-state index contributed by atoms with van der Waals surface area (Å²) in [6.07, 6.45) is 3.27. The molecule has 1 saturated heterocycles. The molecule has 2 atom stereocenters. The first kappa shape index (κ1) is 23.0. The Morgan fingerprint density at radius 1 is 1.11 bits per heavy atom. The molecule has 0 aromatic heterocycles. The van der Waals surface area contributed by atoms with Gasteiger partial charge in [-0.25, -0.2) is 0 Å². The van der Waals surface area contributed by atoms with Gasteiger partial charge in [-0.15, -0.1) is 24.0 Å². The maximum absolute atomic E-state index is 6.22. The average molecular weight is 514 g/mol. The smallest absolute Gasteiger partial charge is 0.190 e. The summed E-state index contributed by atoms with van der Waals surface area (Å²) in [6.45, 7) is 2.46. The van der Waals surface area contributed by atoms with Crippen LogP contribution in [0.25, 0.3) is 0 Å². The van der Waals surface area contributed by atoms with Gasteiger partial charge in [0.25, 0.3) is 0 Å². The van der Waals surface area contributed by atoms with Crippen LogP contribution in [0.4, 0.5) is 0 Å². The number of aliphatic imine (C=N–C) groups is 1. The molecular weight excluding hydrogens is 485 g/mol. The van der Waals surface area contributed by atoms with Gasteiger partial charge < -0.3 is 15.4 Å². The normalized spacial score (nSPS) is 19.6. The van der Waals surface area contributed by atoms with E-state index >= 15 is 0 Å². The van der Waals surface area contributed by atoms with Crippen molar-refractivity contribution in [3.63, 3.8) is 0 Å². The number of hydrogen-bond donors (Lipinski definition) is 2. The molecule has 1 aliphatic heterocycles. The van der Waals surface area contributed by atoms with Crippen molar-refractivity contribution >= 4 is 41.5 Å². The number of rotatable bonds is 6. The minimum atomic E-state index is 0. The molecule has 152 valence electrons. The molecule has 3 rings (SSSR count). The quantitative estimate of drug-likeness (QED) is 0.330. The summed E-state index contributed by atoms with van der Waals surface area (Å²) in [5, 5.41) is 7.66. The fourth-order valence-corrected chi connectivity index (χ4v) is 3.76. The second-order valence-corrected chi connectivity index (χ2v) is 7.23. The zero-order valence-electron chi connectivity index (χ0n) is 16.2. The molecule has 1 fully saturated rings. The Morgan fingerprint density at radius 3 is 2.61 bits per heavy atom. The van der Waals surface area contributed by atoms with Crippen LogP contribution in [0.15, 0.2) is 59.6 Å². The van der Waals surface area contributed by atoms with E-state index in [0.29, 0.717) is 5.92 Å². The number of nitrogens with zero attached hydrogens (tertiary/aromatic N) is 1. The van der Waals surface area contributed by atoms with Crippen LogP contribution in [0.5, 0.6) is 0 Å². The fraction of sp³-hybridized carbons (Fsp3) is 0.409. The lowest BCUT2D eigenvalue weighted by Crippen LogP contribution is -2.42. The van der Waals surface area contributed by atoms with Crippen molar-refractivity contribution < 1.29 is 4.74 Å². The Balaban J connectivity index is 0.00000280. The van der Waals surface area contributed by atoms with Crippen LogP contribution < -0.4 is 10.6 Å². The van der Waals surface area contributed by atoms with Gasteiger partial charge in [0.2, 0.25) is 0 Å². The molecule has 0 radical (unpaired) electrons. The van der Waals surface area contributed by atoms with E-state index in [1.807, 2.05) is 24.3 Å². The third-order valence-corrected chi connectivity index (χ3v) is 5.34. The highest BCUT2D eigenvalue weighted by atomic mass is 127. The summed E-state index contributed by atoms with van der Waals surface area (Å²) in [5.41, 5.74) is 2.40. The second-order valence-electron chi connectivity index (χ2n) is 6.83. The van der Waals surface area contributed by atoms with Gasteiger partial charge in [-0.05, 0) is 36.5 Å². The molecule has 0 spiro atoms. The van der Waals surface area contributed by atoms with Crippen molar-refractivity contribution in [2.75, 3.05) is 26.7 Å². The van der Waals surface area contributed by atoms with E-state index in [-0.39, 0.29) is 30.1 Å². The fourth-order valence-electron chi connectivity index (χ4n) is 3.53. The maximum Gasteiger partial charge on any atom is 0.190 e. The van der Waals surface area contributed by atoms with E-state index in [0.717, 1.165) is 55.5 Å². The Bertz CT molecular complexity index is 742. The zero-order valence-corrected chi connectivity index (χ0v) is 19.3. The monoisotopic (exact) mass is 513 g/mol. The second kappa shape index (κ2) is 12.3. The highest BCUT2D eigenvalue weighted by Crippen LogP contribution is 2.33. The van der Waals surface area contributed by atoms with Crippen LogP contribution in [0.1, 0.15) is 30.1 Å². The maximum atomic E-state index is 6.22. The van der Waals surface area contributed by atoms with Crippen LogP contribution in [-0.2, 0) is 11.2 Å². The van der Waals surface area contributed by atoms with Crippen LogP contribution in [0.2, 0.25) is 5.02 Å². The Hall–Kier alpha value is -1.31. The lowest BCUT2D eigenvalue weighted by molar-refractivity contribution is -0.0265. The van der Waals surface area contributed by atoms with E-state index in [2.05, 4.69) is 46.0 Å². The van der Waals surface area contributed by atoms with Gasteiger partial charge >= 0.3 is 0 Å². The SMILES string of the molecule is CN=C(NCCc1ccccc1Cl)NCC1CCCOC1c1ccccc1.I. The molecule has 2 aromatic carbocycles. The van der Waals surface area contributed by atoms with E-state index < -0.39 is 0 Å². The molecular formula is C22H29ClIN3O. The highest BCUT2D eigenvalue weighted by Gasteiger charge is 2.27. The molecule has 0 saturated carbocycles. The average Bonchev–Trinajstić information content (AvgIpc) is 2.72. The summed E-state index contributed by atoms with van der Waals surface area (Å²) < 4.78 is 6.08. The minimum Gasteiger partial charge on any atom is -0.373 e. The molecule has 4 nitrogen and oxygen atoms in total. The van der Waals surface area contributed by atoms with Crippen molar-refractivity contribution in [3.05, 3.63) is 70.7 Å². The van der Waals surface area contributed by atoms with E-state index in [1.54, 1.807) is 7.05 Å². The molecule has 1 aliphatic rings. The van der Waals surface area contributed by atoms with Crippen LogP contribution in [0.3, 0.4) is 0 Å². The molecule has 28 heavy (non-hydrogen) atoms. The van der Waals surface area contributed by atoms with Gasteiger partial charge in [-0.1, -0.05) is 60.1 Å². The van der Waals surface area contributed by atoms with Crippen LogP contribution in [-0.4, -0.2) is 32.7 Å². The van der Waals surface area contributed by atoms with Crippen LogP contribution >= 0.6 is 35.6 Å². The number of nitrogens with one attached hydrogen (secondary N) is 2. The predicted molar refractivity (Wildman–Crippen MR) is 128 cm³/mol. The number of hydrogen-bond acceptors (Lipinski definition) is 2. The third kappa shape index (κ3) is 6.64. The Labute approximate surface area is 190 Å². The molecule has 2 N–H and O–H groups in total. The number of ether oxygens (including phenoxy) is 1. The first-order valence-corrected chi connectivity index (χ1v) is 10.00. The number of guanidine groups is 1. The van der Waals surface area contributed by atoms with Crippen LogP contribution in [0, 0.1) is 5.92 Å². The van der Waals surface area contributed by atoms with Crippen molar-refractivity contribution in [2.24, 2.45) is 10.9 Å². The molecule has 0 amide bonds. The lowest BCUT2D eigenvalue weighted by Gasteiger charge is -2.32. The van der Waals surface area contributed by atoms with E-state index in [4.69, 9.17) is 16.3 Å². The van der Waals surface area contributed by atoms with Gasteiger partial charge in [0.1, 0.15) is 0 Å². The molecule has 6 heteroatoms. The summed E-state index contributed by atoms with van der Waals surface area (Å²) in [7, 11) is 1.80. The van der Waals surface area contributed by atoms with Gasteiger partial charge in [0.05, 0.1) is 6.10 Å². The largest absolute Gasteiger partial charge is 0.373 e.